The number of nitrogens with one attached hydrogen (secondary N) is 1. The van der Waals surface area contributed by atoms with Crippen molar-refractivity contribution in [3.8, 4) is 0 Å². The quantitative estimate of drug-likeness (QED) is 0.861. The van der Waals surface area contributed by atoms with Crippen LogP contribution in [-0.2, 0) is 12.0 Å². The predicted octanol–water partition coefficient (Wildman–Crippen LogP) is 3.95. The number of hydrogen-bond acceptors (Lipinski definition) is 1. The van der Waals surface area contributed by atoms with E-state index < -0.39 is 0 Å². The van der Waals surface area contributed by atoms with Crippen LogP contribution >= 0.6 is 0 Å². The third-order valence-corrected chi connectivity index (χ3v) is 4.70. The van der Waals surface area contributed by atoms with E-state index in [9.17, 15) is 4.79 Å². The van der Waals surface area contributed by atoms with Crippen LogP contribution in [0.3, 0.4) is 0 Å². The van der Waals surface area contributed by atoms with Crippen molar-refractivity contribution >= 4 is 6.03 Å². The molecule has 0 spiro atoms. The number of urea groups is 1. The standard InChI is InChI=1S/C20H24N2O/c1-2-22(15-17-9-5-3-6-10-17)19(23)21-16-20(13-14-20)18-11-7-4-8-12-18/h3-12H,2,13-16H2,1H3,(H,21,23). The molecule has 0 aromatic heterocycles. The zero-order chi connectivity index (χ0) is 16.1. The molecular formula is C20H24N2O. The van der Waals surface area contributed by atoms with E-state index in [0.29, 0.717) is 13.1 Å². The lowest BCUT2D eigenvalue weighted by Gasteiger charge is -2.24. The van der Waals surface area contributed by atoms with Crippen molar-refractivity contribution in [1.29, 1.82) is 0 Å². The maximum absolute atomic E-state index is 12.5. The highest BCUT2D eigenvalue weighted by Crippen LogP contribution is 2.47. The summed E-state index contributed by atoms with van der Waals surface area (Å²) in [6.07, 6.45) is 2.31. The van der Waals surface area contributed by atoms with Gasteiger partial charge in [0.15, 0.2) is 0 Å². The average molecular weight is 308 g/mol. The van der Waals surface area contributed by atoms with Gasteiger partial charge in [-0.3, -0.25) is 0 Å². The Hall–Kier alpha value is -2.29. The third kappa shape index (κ3) is 3.73. The minimum atomic E-state index is 0.0264. The Morgan fingerprint density at radius 3 is 2.22 bits per heavy atom. The van der Waals surface area contributed by atoms with Gasteiger partial charge in [-0.25, -0.2) is 4.79 Å². The van der Waals surface area contributed by atoms with E-state index >= 15 is 0 Å². The molecule has 0 aliphatic heterocycles. The van der Waals surface area contributed by atoms with Crippen molar-refractivity contribution in [2.75, 3.05) is 13.1 Å². The van der Waals surface area contributed by atoms with Crippen molar-refractivity contribution in [3.63, 3.8) is 0 Å². The highest BCUT2D eigenvalue weighted by molar-refractivity contribution is 5.74. The second kappa shape index (κ2) is 6.86. The number of rotatable bonds is 6. The van der Waals surface area contributed by atoms with Gasteiger partial charge in [0.05, 0.1) is 0 Å². The SMILES string of the molecule is CCN(Cc1ccccc1)C(=O)NCC1(c2ccccc2)CC1. The monoisotopic (exact) mass is 308 g/mol. The number of carbonyl (C=O) groups excluding carboxylic acids is 1. The summed E-state index contributed by atoms with van der Waals surface area (Å²) >= 11 is 0. The van der Waals surface area contributed by atoms with E-state index in [0.717, 1.165) is 24.9 Å². The molecule has 3 heteroatoms. The van der Waals surface area contributed by atoms with Gasteiger partial charge in [0.1, 0.15) is 0 Å². The fraction of sp³-hybridized carbons (Fsp3) is 0.350. The molecule has 2 aromatic rings. The van der Waals surface area contributed by atoms with Gasteiger partial charge in [-0.15, -0.1) is 0 Å². The first kappa shape index (κ1) is 15.6. The number of carbonyl (C=O) groups is 1. The lowest BCUT2D eigenvalue weighted by atomic mass is 9.96. The van der Waals surface area contributed by atoms with Gasteiger partial charge in [-0.1, -0.05) is 60.7 Å². The first-order valence-electron chi connectivity index (χ1n) is 8.36. The summed E-state index contributed by atoms with van der Waals surface area (Å²) in [5.41, 5.74) is 2.66. The molecule has 1 aliphatic rings. The predicted molar refractivity (Wildman–Crippen MR) is 93.3 cm³/mol. The summed E-state index contributed by atoms with van der Waals surface area (Å²) in [5.74, 6) is 0. The second-order valence-electron chi connectivity index (χ2n) is 6.30. The van der Waals surface area contributed by atoms with E-state index in [1.165, 1.54) is 5.56 Å². The topological polar surface area (TPSA) is 32.3 Å². The lowest BCUT2D eigenvalue weighted by Crippen LogP contribution is -2.42. The molecule has 1 saturated carbocycles. The van der Waals surface area contributed by atoms with Crippen LogP contribution in [-0.4, -0.2) is 24.0 Å². The molecule has 0 saturated heterocycles. The molecule has 0 radical (unpaired) electrons. The van der Waals surface area contributed by atoms with E-state index in [-0.39, 0.29) is 11.4 Å². The number of hydrogen-bond donors (Lipinski definition) is 1. The van der Waals surface area contributed by atoms with E-state index in [4.69, 9.17) is 0 Å². The minimum absolute atomic E-state index is 0.0264. The molecule has 3 nitrogen and oxygen atoms in total. The molecule has 23 heavy (non-hydrogen) atoms. The zero-order valence-corrected chi connectivity index (χ0v) is 13.7. The number of amides is 2. The van der Waals surface area contributed by atoms with Crippen LogP contribution in [0.5, 0.6) is 0 Å². The van der Waals surface area contributed by atoms with Gasteiger partial charge < -0.3 is 10.2 Å². The largest absolute Gasteiger partial charge is 0.337 e. The summed E-state index contributed by atoms with van der Waals surface area (Å²) in [4.78, 5) is 14.4. The van der Waals surface area contributed by atoms with Crippen LogP contribution in [0, 0.1) is 0 Å². The molecule has 1 fully saturated rings. The van der Waals surface area contributed by atoms with Crippen molar-refractivity contribution < 1.29 is 4.79 Å². The van der Waals surface area contributed by atoms with Crippen molar-refractivity contribution in [2.24, 2.45) is 0 Å². The first-order chi connectivity index (χ1) is 11.2. The molecule has 1 aliphatic carbocycles. The Bertz CT molecular complexity index is 635. The van der Waals surface area contributed by atoms with Gasteiger partial charge in [0.25, 0.3) is 0 Å². The third-order valence-electron chi connectivity index (χ3n) is 4.70. The molecule has 0 atom stereocenters. The summed E-state index contributed by atoms with van der Waals surface area (Å²) in [6, 6.07) is 20.7. The maximum Gasteiger partial charge on any atom is 0.317 e. The van der Waals surface area contributed by atoms with Crippen molar-refractivity contribution in [2.45, 2.75) is 31.7 Å². The molecule has 1 N–H and O–H groups in total. The van der Waals surface area contributed by atoms with Crippen LogP contribution in [0.15, 0.2) is 60.7 Å². The van der Waals surface area contributed by atoms with Crippen LogP contribution in [0.1, 0.15) is 30.9 Å². The summed E-state index contributed by atoms with van der Waals surface area (Å²) in [6.45, 7) is 4.11. The van der Waals surface area contributed by atoms with Gasteiger partial charge in [0, 0.05) is 25.0 Å². The fourth-order valence-electron chi connectivity index (χ4n) is 3.00. The lowest BCUT2D eigenvalue weighted by molar-refractivity contribution is 0.197. The smallest absolute Gasteiger partial charge is 0.317 e. The second-order valence-corrected chi connectivity index (χ2v) is 6.30. The van der Waals surface area contributed by atoms with Crippen LogP contribution in [0.2, 0.25) is 0 Å². The van der Waals surface area contributed by atoms with Crippen LogP contribution in [0.25, 0.3) is 0 Å². The number of benzene rings is 2. The maximum atomic E-state index is 12.5. The molecule has 2 amide bonds. The molecule has 3 rings (SSSR count). The van der Waals surface area contributed by atoms with E-state index in [1.54, 1.807) is 0 Å². The van der Waals surface area contributed by atoms with Crippen molar-refractivity contribution in [3.05, 3.63) is 71.8 Å². The van der Waals surface area contributed by atoms with Gasteiger partial charge in [-0.2, -0.15) is 0 Å². The molecule has 2 aromatic carbocycles. The van der Waals surface area contributed by atoms with E-state index in [2.05, 4.69) is 41.7 Å². The summed E-state index contributed by atoms with van der Waals surface area (Å²) < 4.78 is 0. The Kier molecular flexibility index (Phi) is 4.65. The van der Waals surface area contributed by atoms with Gasteiger partial charge in [0.2, 0.25) is 0 Å². The molecular weight excluding hydrogens is 284 g/mol. The molecule has 0 bridgehead atoms. The zero-order valence-electron chi connectivity index (χ0n) is 13.7. The summed E-state index contributed by atoms with van der Waals surface area (Å²) in [5, 5.41) is 3.14. The normalized spacial score (nSPS) is 15.0. The Morgan fingerprint density at radius 2 is 1.65 bits per heavy atom. The Morgan fingerprint density at radius 1 is 1.04 bits per heavy atom. The number of nitrogens with zero attached hydrogens (tertiary/aromatic N) is 1. The minimum Gasteiger partial charge on any atom is -0.337 e. The Balaban J connectivity index is 1.58. The molecule has 0 heterocycles. The fourth-order valence-corrected chi connectivity index (χ4v) is 3.00. The van der Waals surface area contributed by atoms with E-state index in [1.807, 2.05) is 36.1 Å². The first-order valence-corrected chi connectivity index (χ1v) is 8.36. The van der Waals surface area contributed by atoms with Crippen LogP contribution < -0.4 is 5.32 Å². The molecule has 120 valence electrons. The Labute approximate surface area is 138 Å². The van der Waals surface area contributed by atoms with Gasteiger partial charge >= 0.3 is 6.03 Å². The van der Waals surface area contributed by atoms with Gasteiger partial charge in [-0.05, 0) is 30.9 Å². The highest BCUT2D eigenvalue weighted by Gasteiger charge is 2.44. The highest BCUT2D eigenvalue weighted by atomic mass is 16.2. The summed E-state index contributed by atoms with van der Waals surface area (Å²) in [7, 11) is 0. The van der Waals surface area contributed by atoms with Crippen LogP contribution in [0.4, 0.5) is 4.79 Å². The molecule has 0 unspecified atom stereocenters. The average Bonchev–Trinajstić information content (AvgIpc) is 3.40. The van der Waals surface area contributed by atoms with Crippen molar-refractivity contribution in [1.82, 2.24) is 10.2 Å².